The summed E-state index contributed by atoms with van der Waals surface area (Å²) in [6.07, 6.45) is 2.38. The molecule has 3 heteroatoms. The number of hydrogen-bond acceptors (Lipinski definition) is 3. The minimum atomic E-state index is 0.136. The van der Waals surface area contributed by atoms with Gasteiger partial charge in [0.1, 0.15) is 5.75 Å². The second-order valence-corrected chi connectivity index (χ2v) is 5.61. The number of rotatable bonds is 1. The average Bonchev–Trinajstić information content (AvgIpc) is 2.37. The molecule has 3 nitrogen and oxygen atoms in total. The van der Waals surface area contributed by atoms with Crippen molar-refractivity contribution >= 4 is 0 Å². The quantitative estimate of drug-likeness (QED) is 0.827. The monoisotopic (exact) mass is 247 g/mol. The van der Waals surface area contributed by atoms with E-state index in [1.165, 1.54) is 11.1 Å². The van der Waals surface area contributed by atoms with Crippen molar-refractivity contribution in [3.05, 3.63) is 29.3 Å². The number of hydrogen-bond donors (Lipinski definition) is 1. The van der Waals surface area contributed by atoms with E-state index in [9.17, 15) is 5.11 Å². The summed E-state index contributed by atoms with van der Waals surface area (Å²) in [6, 6.07) is 6.73. The highest BCUT2D eigenvalue weighted by Gasteiger charge is 2.38. The van der Waals surface area contributed by atoms with E-state index in [0.717, 1.165) is 26.0 Å². The summed E-state index contributed by atoms with van der Waals surface area (Å²) in [5.74, 6) is 0.347. The Morgan fingerprint density at radius 2 is 2.22 bits per heavy atom. The standard InChI is InChI=1S/C15H21NO2/c1-10(2)16-7-8-18-15-13-9-12(17)5-3-11(13)4-6-14(15)16/h3,5,9-10,14-15,17H,4,6-8H2,1-2H3/t14-,15-/m1/s1. The summed E-state index contributed by atoms with van der Waals surface area (Å²) in [5.41, 5.74) is 2.52. The number of nitrogens with zero attached hydrogens (tertiary/aromatic N) is 1. The first kappa shape index (κ1) is 12.0. The van der Waals surface area contributed by atoms with Gasteiger partial charge in [-0.2, -0.15) is 0 Å². The summed E-state index contributed by atoms with van der Waals surface area (Å²) in [6.45, 7) is 6.31. The third-order valence-electron chi connectivity index (χ3n) is 4.23. The van der Waals surface area contributed by atoms with Crippen LogP contribution in [0.3, 0.4) is 0 Å². The lowest BCUT2D eigenvalue weighted by atomic mass is 9.83. The Bertz CT molecular complexity index is 444. The first-order valence-electron chi connectivity index (χ1n) is 6.86. The molecule has 2 aliphatic rings. The van der Waals surface area contributed by atoms with Crippen LogP contribution in [0.2, 0.25) is 0 Å². The van der Waals surface area contributed by atoms with Gasteiger partial charge in [-0.3, -0.25) is 4.90 Å². The average molecular weight is 247 g/mol. The maximum Gasteiger partial charge on any atom is 0.115 e. The summed E-state index contributed by atoms with van der Waals surface area (Å²) < 4.78 is 5.99. The van der Waals surface area contributed by atoms with Crippen molar-refractivity contribution in [1.82, 2.24) is 4.90 Å². The molecule has 98 valence electrons. The smallest absolute Gasteiger partial charge is 0.115 e. The van der Waals surface area contributed by atoms with E-state index in [-0.39, 0.29) is 6.10 Å². The number of phenols is 1. The van der Waals surface area contributed by atoms with E-state index in [2.05, 4.69) is 18.7 Å². The van der Waals surface area contributed by atoms with Gasteiger partial charge in [-0.15, -0.1) is 0 Å². The van der Waals surface area contributed by atoms with Gasteiger partial charge in [0.2, 0.25) is 0 Å². The number of aryl methyl sites for hydroxylation is 1. The molecule has 1 heterocycles. The van der Waals surface area contributed by atoms with Crippen LogP contribution < -0.4 is 0 Å². The molecule has 0 bridgehead atoms. The van der Waals surface area contributed by atoms with Crippen LogP contribution >= 0.6 is 0 Å². The second kappa shape index (κ2) is 4.56. The van der Waals surface area contributed by atoms with Crippen molar-refractivity contribution in [3.63, 3.8) is 0 Å². The third kappa shape index (κ3) is 1.91. The molecule has 0 unspecified atom stereocenters. The third-order valence-corrected chi connectivity index (χ3v) is 4.23. The van der Waals surface area contributed by atoms with E-state index in [0.29, 0.717) is 17.8 Å². The molecule has 1 saturated heterocycles. The zero-order valence-electron chi connectivity index (χ0n) is 11.1. The van der Waals surface area contributed by atoms with Crippen LogP contribution in [-0.4, -0.2) is 35.2 Å². The van der Waals surface area contributed by atoms with Crippen LogP contribution in [0.4, 0.5) is 0 Å². The van der Waals surface area contributed by atoms with Crippen LogP contribution in [0.1, 0.15) is 37.5 Å². The first-order valence-corrected chi connectivity index (χ1v) is 6.86. The highest BCUT2D eigenvalue weighted by Crippen LogP contribution is 2.39. The van der Waals surface area contributed by atoms with Crippen molar-refractivity contribution < 1.29 is 9.84 Å². The van der Waals surface area contributed by atoms with Crippen molar-refractivity contribution in [3.8, 4) is 5.75 Å². The highest BCUT2D eigenvalue weighted by molar-refractivity contribution is 5.39. The van der Waals surface area contributed by atoms with Crippen LogP contribution in [0, 0.1) is 0 Å². The van der Waals surface area contributed by atoms with E-state index < -0.39 is 0 Å². The first-order chi connectivity index (χ1) is 8.66. The Morgan fingerprint density at radius 3 is 3.00 bits per heavy atom. The number of phenolic OH excluding ortho intramolecular Hbond substituents is 1. The molecular weight excluding hydrogens is 226 g/mol. The molecule has 1 aliphatic carbocycles. The molecule has 3 rings (SSSR count). The molecule has 2 atom stereocenters. The molecule has 1 fully saturated rings. The van der Waals surface area contributed by atoms with Gasteiger partial charge in [0.05, 0.1) is 12.7 Å². The van der Waals surface area contributed by atoms with Gasteiger partial charge in [-0.25, -0.2) is 0 Å². The zero-order chi connectivity index (χ0) is 12.7. The normalized spacial score (nSPS) is 27.9. The summed E-state index contributed by atoms with van der Waals surface area (Å²) in [7, 11) is 0. The van der Waals surface area contributed by atoms with Gasteiger partial charge in [-0.05, 0) is 49.9 Å². The van der Waals surface area contributed by atoms with Crippen LogP contribution in [0.25, 0.3) is 0 Å². The largest absolute Gasteiger partial charge is 0.508 e. The Kier molecular flexibility index (Phi) is 3.04. The zero-order valence-corrected chi connectivity index (χ0v) is 11.1. The fraction of sp³-hybridized carbons (Fsp3) is 0.600. The number of morpholine rings is 1. The lowest BCUT2D eigenvalue weighted by Gasteiger charge is -2.46. The molecule has 0 aromatic heterocycles. The maximum atomic E-state index is 9.68. The second-order valence-electron chi connectivity index (χ2n) is 5.61. The Morgan fingerprint density at radius 1 is 1.39 bits per heavy atom. The molecule has 0 spiro atoms. The molecule has 1 aliphatic heterocycles. The number of fused-ring (bicyclic) bond motifs is 3. The number of ether oxygens (including phenoxy) is 1. The van der Waals surface area contributed by atoms with Gasteiger partial charge in [0.15, 0.2) is 0 Å². The fourth-order valence-corrected chi connectivity index (χ4v) is 3.37. The molecular formula is C15H21NO2. The minimum absolute atomic E-state index is 0.136. The van der Waals surface area contributed by atoms with Gasteiger partial charge < -0.3 is 9.84 Å². The van der Waals surface area contributed by atoms with Gasteiger partial charge in [0.25, 0.3) is 0 Å². The minimum Gasteiger partial charge on any atom is -0.508 e. The fourth-order valence-electron chi connectivity index (χ4n) is 3.37. The number of aromatic hydroxyl groups is 1. The Hall–Kier alpha value is -1.06. The van der Waals surface area contributed by atoms with Gasteiger partial charge >= 0.3 is 0 Å². The van der Waals surface area contributed by atoms with Crippen LogP contribution in [0.15, 0.2) is 18.2 Å². The summed E-state index contributed by atoms with van der Waals surface area (Å²) >= 11 is 0. The van der Waals surface area contributed by atoms with Gasteiger partial charge in [-0.1, -0.05) is 6.07 Å². The molecule has 0 saturated carbocycles. The highest BCUT2D eigenvalue weighted by atomic mass is 16.5. The molecule has 1 N–H and O–H groups in total. The van der Waals surface area contributed by atoms with E-state index in [1.54, 1.807) is 6.07 Å². The van der Waals surface area contributed by atoms with E-state index >= 15 is 0 Å². The van der Waals surface area contributed by atoms with E-state index in [1.807, 2.05) is 12.1 Å². The molecule has 0 radical (unpaired) electrons. The van der Waals surface area contributed by atoms with Crippen molar-refractivity contribution in [1.29, 1.82) is 0 Å². The summed E-state index contributed by atoms with van der Waals surface area (Å²) in [5, 5.41) is 9.68. The lowest BCUT2D eigenvalue weighted by molar-refractivity contribution is -0.0909. The molecule has 18 heavy (non-hydrogen) atoms. The summed E-state index contributed by atoms with van der Waals surface area (Å²) in [4.78, 5) is 2.54. The Balaban J connectivity index is 1.96. The predicted octanol–water partition coefficient (Wildman–Crippen LogP) is 2.49. The topological polar surface area (TPSA) is 32.7 Å². The van der Waals surface area contributed by atoms with Gasteiger partial charge in [0, 0.05) is 18.6 Å². The van der Waals surface area contributed by atoms with Crippen LogP contribution in [0.5, 0.6) is 5.75 Å². The Labute approximate surface area is 108 Å². The van der Waals surface area contributed by atoms with Crippen molar-refractivity contribution in [2.24, 2.45) is 0 Å². The van der Waals surface area contributed by atoms with E-state index in [4.69, 9.17) is 4.74 Å². The SMILES string of the molecule is CC(C)N1CCO[C@@H]2c3cc(O)ccc3CC[C@H]21. The van der Waals surface area contributed by atoms with Crippen LogP contribution in [-0.2, 0) is 11.2 Å². The number of benzene rings is 1. The lowest BCUT2D eigenvalue weighted by Crippen LogP contribution is -2.51. The molecule has 1 aromatic rings. The maximum absolute atomic E-state index is 9.68. The van der Waals surface area contributed by atoms with Crippen molar-refractivity contribution in [2.75, 3.05) is 13.2 Å². The molecule has 0 amide bonds. The van der Waals surface area contributed by atoms with Crippen molar-refractivity contribution in [2.45, 2.75) is 44.9 Å². The molecule has 1 aromatic carbocycles. The predicted molar refractivity (Wildman–Crippen MR) is 70.8 cm³/mol.